The van der Waals surface area contributed by atoms with Crippen LogP contribution in [0, 0.1) is 0 Å². The Bertz CT molecular complexity index is 1040. The highest BCUT2D eigenvalue weighted by atomic mass is 32.1. The van der Waals surface area contributed by atoms with Gasteiger partial charge >= 0.3 is 0 Å². The third-order valence-corrected chi connectivity index (χ3v) is 9.23. The summed E-state index contributed by atoms with van der Waals surface area (Å²) < 4.78 is 20.1. The van der Waals surface area contributed by atoms with E-state index in [0.717, 1.165) is 26.9 Å². The van der Waals surface area contributed by atoms with Gasteiger partial charge in [-0.05, 0) is 35.7 Å². The number of nitrogens with one attached hydrogen (secondary N) is 1. The second-order valence-electron chi connectivity index (χ2n) is 6.62. The molecule has 0 aliphatic rings. The van der Waals surface area contributed by atoms with Crippen LogP contribution in [0.5, 0.6) is 5.75 Å². The zero-order chi connectivity index (χ0) is 20.1. The monoisotopic (exact) mass is 419 g/mol. The summed E-state index contributed by atoms with van der Waals surface area (Å²) in [5, 5.41) is 7.27. The average Bonchev–Trinajstić information content (AvgIpc) is 3.33. The zero-order valence-corrected chi connectivity index (χ0v) is 17.8. The molecule has 0 spiro atoms. The number of anilines is 1. The molecule has 0 aliphatic heterocycles. The van der Waals surface area contributed by atoms with Gasteiger partial charge in [0, 0.05) is 21.2 Å². The van der Waals surface area contributed by atoms with Crippen LogP contribution in [0.1, 0.15) is 10.7 Å². The van der Waals surface area contributed by atoms with E-state index in [1.165, 1.54) is 0 Å². The first-order valence-electron chi connectivity index (χ1n) is 9.37. The molecule has 5 heteroatoms. The Labute approximate surface area is 175 Å². The molecule has 0 fully saturated rings. The number of benzene rings is 3. The summed E-state index contributed by atoms with van der Waals surface area (Å²) in [7, 11) is -1.39. The minimum Gasteiger partial charge on any atom is -0.497 e. The molecule has 0 bridgehead atoms. The van der Waals surface area contributed by atoms with E-state index < -0.39 is 7.14 Å². The molecule has 29 heavy (non-hydrogen) atoms. The Morgan fingerprint density at radius 2 is 1.38 bits per heavy atom. The van der Waals surface area contributed by atoms with E-state index in [4.69, 9.17) is 4.74 Å². The lowest BCUT2D eigenvalue weighted by Crippen LogP contribution is -2.25. The van der Waals surface area contributed by atoms with Crippen molar-refractivity contribution in [3.63, 3.8) is 0 Å². The van der Waals surface area contributed by atoms with E-state index in [-0.39, 0.29) is 5.78 Å². The molecule has 3 aromatic carbocycles. The molecule has 0 radical (unpaired) electrons. The van der Waals surface area contributed by atoms with Crippen LogP contribution < -0.4 is 20.7 Å². The summed E-state index contributed by atoms with van der Waals surface area (Å²) in [5.41, 5.74) is 0.899. The Morgan fingerprint density at radius 1 is 0.793 bits per heavy atom. The van der Waals surface area contributed by atoms with Crippen molar-refractivity contribution in [3.05, 3.63) is 107 Å². The Balaban J connectivity index is 1.86. The maximum atomic E-state index is 14.9. The molecule has 1 unspecified atom stereocenters. The fourth-order valence-corrected chi connectivity index (χ4v) is 7.57. The molecule has 146 valence electrons. The van der Waals surface area contributed by atoms with Crippen molar-refractivity contribution >= 4 is 34.8 Å². The van der Waals surface area contributed by atoms with Gasteiger partial charge in [0.2, 0.25) is 0 Å². The van der Waals surface area contributed by atoms with Gasteiger partial charge in [-0.2, -0.15) is 0 Å². The molecular formula is C24H22NO2PS. The van der Waals surface area contributed by atoms with Crippen LogP contribution in [0.25, 0.3) is 0 Å². The average molecular weight is 419 g/mol. The fraction of sp³-hybridized carbons (Fsp3) is 0.0833. The lowest BCUT2D eigenvalue weighted by atomic mass is 10.3. The van der Waals surface area contributed by atoms with Gasteiger partial charge in [-0.3, -0.25) is 0 Å². The van der Waals surface area contributed by atoms with Crippen molar-refractivity contribution in [2.45, 2.75) is 5.78 Å². The maximum absolute atomic E-state index is 14.9. The van der Waals surface area contributed by atoms with E-state index >= 15 is 0 Å². The molecule has 1 heterocycles. The molecule has 3 nitrogen and oxygen atoms in total. The maximum Gasteiger partial charge on any atom is 0.169 e. The zero-order valence-electron chi connectivity index (χ0n) is 16.1. The standard InChI is InChI=1S/C24H22NO2PS/c1-27-20-16-14-19(15-17-20)25-24(23-13-8-18-29-23)28(26,21-9-4-2-5-10-21)22-11-6-3-7-12-22/h2-18,24-25H,1H3. The SMILES string of the molecule is COc1ccc(NC(c2cccs2)P(=O)(c2ccccc2)c2ccccc2)cc1. The van der Waals surface area contributed by atoms with Crippen molar-refractivity contribution in [1.29, 1.82) is 0 Å². The van der Waals surface area contributed by atoms with Crippen LogP contribution in [0.3, 0.4) is 0 Å². The van der Waals surface area contributed by atoms with E-state index in [1.54, 1.807) is 18.4 Å². The largest absolute Gasteiger partial charge is 0.497 e. The normalized spacial score (nSPS) is 12.3. The Hall–Kier alpha value is -2.81. The lowest BCUT2D eigenvalue weighted by molar-refractivity contribution is 0.415. The van der Waals surface area contributed by atoms with Crippen LogP contribution >= 0.6 is 18.5 Å². The van der Waals surface area contributed by atoms with E-state index in [2.05, 4.69) is 5.32 Å². The van der Waals surface area contributed by atoms with Crippen LogP contribution in [-0.2, 0) is 4.57 Å². The smallest absolute Gasteiger partial charge is 0.169 e. The summed E-state index contributed by atoms with van der Waals surface area (Å²) in [6.07, 6.45) is 0. The molecule has 0 saturated carbocycles. The van der Waals surface area contributed by atoms with Crippen molar-refractivity contribution in [2.24, 2.45) is 0 Å². The van der Waals surface area contributed by atoms with Gasteiger partial charge in [-0.1, -0.05) is 66.7 Å². The number of methoxy groups -OCH3 is 1. The molecule has 0 saturated heterocycles. The topological polar surface area (TPSA) is 38.3 Å². The summed E-state index contributed by atoms with van der Waals surface area (Å²) in [6, 6.07) is 31.3. The minimum atomic E-state index is -3.04. The first-order chi connectivity index (χ1) is 14.2. The minimum absolute atomic E-state index is 0.374. The summed E-state index contributed by atoms with van der Waals surface area (Å²) in [5.74, 6) is 0.415. The van der Waals surface area contributed by atoms with Gasteiger partial charge in [-0.15, -0.1) is 11.3 Å². The first-order valence-corrected chi connectivity index (χ1v) is 12.0. The Morgan fingerprint density at radius 3 is 1.86 bits per heavy atom. The molecular weight excluding hydrogens is 397 g/mol. The Kier molecular flexibility index (Phi) is 5.84. The first kappa shape index (κ1) is 19.5. The predicted octanol–water partition coefficient (Wildman–Crippen LogP) is 5.88. The summed E-state index contributed by atoms with van der Waals surface area (Å²) in [6.45, 7) is 0. The highest BCUT2D eigenvalue weighted by molar-refractivity contribution is 7.79. The number of rotatable bonds is 7. The fourth-order valence-electron chi connectivity index (χ4n) is 3.38. The molecule has 0 aliphatic carbocycles. The lowest BCUT2D eigenvalue weighted by Gasteiger charge is -2.30. The van der Waals surface area contributed by atoms with Crippen molar-refractivity contribution in [3.8, 4) is 5.75 Å². The van der Waals surface area contributed by atoms with Crippen molar-refractivity contribution in [1.82, 2.24) is 0 Å². The molecule has 1 N–H and O–H groups in total. The molecule has 4 rings (SSSR count). The summed E-state index contributed by atoms with van der Waals surface area (Å²) >= 11 is 1.61. The van der Waals surface area contributed by atoms with Gasteiger partial charge in [-0.25, -0.2) is 0 Å². The van der Waals surface area contributed by atoms with Gasteiger partial charge in [0.25, 0.3) is 0 Å². The van der Waals surface area contributed by atoms with Crippen LogP contribution in [-0.4, -0.2) is 7.11 Å². The van der Waals surface area contributed by atoms with Crippen LogP contribution in [0.15, 0.2) is 102 Å². The van der Waals surface area contributed by atoms with E-state index in [9.17, 15) is 4.57 Å². The second-order valence-corrected chi connectivity index (χ2v) is 10.5. The van der Waals surface area contributed by atoms with Crippen molar-refractivity contribution in [2.75, 3.05) is 12.4 Å². The third kappa shape index (κ3) is 4.00. The number of ether oxygens (including phenoxy) is 1. The highest BCUT2D eigenvalue weighted by Crippen LogP contribution is 2.57. The van der Waals surface area contributed by atoms with E-state index in [0.29, 0.717) is 0 Å². The third-order valence-electron chi connectivity index (χ3n) is 4.85. The number of hydrogen-bond acceptors (Lipinski definition) is 4. The molecule has 1 atom stereocenters. The van der Waals surface area contributed by atoms with Crippen LogP contribution in [0.2, 0.25) is 0 Å². The van der Waals surface area contributed by atoms with Crippen LogP contribution in [0.4, 0.5) is 5.69 Å². The molecule has 1 aromatic heterocycles. The van der Waals surface area contributed by atoms with Gasteiger partial charge < -0.3 is 14.6 Å². The second kappa shape index (κ2) is 8.69. The number of hydrogen-bond donors (Lipinski definition) is 1. The quantitative estimate of drug-likeness (QED) is 0.380. The van der Waals surface area contributed by atoms with Gasteiger partial charge in [0.1, 0.15) is 11.5 Å². The number of thiophene rings is 1. The van der Waals surface area contributed by atoms with Gasteiger partial charge in [0.15, 0.2) is 7.14 Å². The highest BCUT2D eigenvalue weighted by Gasteiger charge is 2.38. The van der Waals surface area contributed by atoms with Crippen molar-refractivity contribution < 1.29 is 9.30 Å². The van der Waals surface area contributed by atoms with Gasteiger partial charge in [0.05, 0.1) is 7.11 Å². The molecule has 0 amide bonds. The summed E-state index contributed by atoms with van der Waals surface area (Å²) in [4.78, 5) is 1.04. The van der Waals surface area contributed by atoms with E-state index in [1.807, 2.05) is 102 Å². The predicted molar refractivity (Wildman–Crippen MR) is 123 cm³/mol. The molecule has 4 aromatic rings.